The summed E-state index contributed by atoms with van der Waals surface area (Å²) in [5.41, 5.74) is 3.81. The molecule has 2 atom stereocenters. The lowest BCUT2D eigenvalue weighted by molar-refractivity contribution is -0.174. The molecule has 3 aromatic carbocycles. The van der Waals surface area contributed by atoms with Gasteiger partial charge in [0.1, 0.15) is 17.7 Å². The van der Waals surface area contributed by atoms with Gasteiger partial charge in [0.25, 0.3) is 0 Å². The second-order valence-corrected chi connectivity index (χ2v) is 8.41. The van der Waals surface area contributed by atoms with E-state index in [2.05, 4.69) is 5.10 Å². The summed E-state index contributed by atoms with van der Waals surface area (Å²) in [6.45, 7) is 5.18. The molecule has 9 heteroatoms. The van der Waals surface area contributed by atoms with Gasteiger partial charge in [0.15, 0.2) is 0 Å². The van der Waals surface area contributed by atoms with Crippen LogP contribution in [-0.2, 0) is 4.79 Å². The lowest BCUT2D eigenvalue weighted by Crippen LogP contribution is -2.45. The van der Waals surface area contributed by atoms with Crippen LogP contribution in [0.4, 0.5) is 17.6 Å². The van der Waals surface area contributed by atoms with Crippen molar-refractivity contribution in [3.05, 3.63) is 89.4 Å². The van der Waals surface area contributed by atoms with Gasteiger partial charge in [0.05, 0.1) is 23.4 Å². The van der Waals surface area contributed by atoms with Gasteiger partial charge in [-0.15, -0.1) is 0 Å². The Hall–Kier alpha value is -3.88. The van der Waals surface area contributed by atoms with Crippen molar-refractivity contribution < 1.29 is 27.1 Å². The van der Waals surface area contributed by atoms with E-state index in [4.69, 9.17) is 4.74 Å². The second-order valence-electron chi connectivity index (χ2n) is 8.41. The lowest BCUT2D eigenvalue weighted by Gasteiger charge is -2.28. The number of nitrogens with zero attached hydrogens (tertiary/aromatic N) is 2. The zero-order valence-corrected chi connectivity index (χ0v) is 19.2. The Morgan fingerprint density at radius 1 is 1.03 bits per heavy atom. The summed E-state index contributed by atoms with van der Waals surface area (Å²) in [6, 6.07) is 15.7. The third-order valence-corrected chi connectivity index (χ3v) is 5.69. The fourth-order valence-corrected chi connectivity index (χ4v) is 3.88. The van der Waals surface area contributed by atoms with Gasteiger partial charge in [-0.25, -0.2) is 9.07 Å². The molecule has 4 aromatic rings. The molecule has 0 aliphatic carbocycles. The number of halogens is 4. The Morgan fingerprint density at radius 3 is 2.43 bits per heavy atom. The van der Waals surface area contributed by atoms with E-state index in [0.29, 0.717) is 17.0 Å². The third-order valence-electron chi connectivity index (χ3n) is 5.69. The molecule has 0 saturated heterocycles. The van der Waals surface area contributed by atoms with Gasteiger partial charge in [-0.3, -0.25) is 4.79 Å². The monoisotopic (exact) mass is 485 g/mol. The van der Waals surface area contributed by atoms with Crippen LogP contribution < -0.4 is 10.1 Å². The highest BCUT2D eigenvalue weighted by atomic mass is 19.4. The van der Waals surface area contributed by atoms with Crippen LogP contribution in [0, 0.1) is 19.7 Å². The molecule has 1 amide bonds. The summed E-state index contributed by atoms with van der Waals surface area (Å²) >= 11 is 0. The number of ether oxygens (including phenoxy) is 1. The van der Waals surface area contributed by atoms with E-state index < -0.39 is 24.2 Å². The second kappa shape index (κ2) is 9.40. The molecule has 4 rings (SSSR count). The number of aryl methyl sites for hydroxylation is 2. The Bertz CT molecular complexity index is 1360. The van der Waals surface area contributed by atoms with Crippen LogP contribution in [0.25, 0.3) is 16.6 Å². The number of alkyl halides is 3. The summed E-state index contributed by atoms with van der Waals surface area (Å²) in [5, 5.41) is 7.10. The van der Waals surface area contributed by atoms with Crippen molar-refractivity contribution in [2.75, 3.05) is 0 Å². The summed E-state index contributed by atoms with van der Waals surface area (Å²) in [7, 11) is 0. The maximum Gasteiger partial charge on any atom is 0.471 e. The molecular weight excluding hydrogens is 462 g/mol. The van der Waals surface area contributed by atoms with Gasteiger partial charge in [0.2, 0.25) is 0 Å². The Balaban J connectivity index is 1.68. The van der Waals surface area contributed by atoms with Crippen molar-refractivity contribution in [2.45, 2.75) is 39.1 Å². The first kappa shape index (κ1) is 24.3. The largest absolute Gasteiger partial charge is 0.484 e. The zero-order chi connectivity index (χ0) is 25.3. The van der Waals surface area contributed by atoms with Gasteiger partial charge in [0, 0.05) is 5.39 Å². The van der Waals surface area contributed by atoms with Gasteiger partial charge in [-0.2, -0.15) is 18.3 Å². The van der Waals surface area contributed by atoms with Gasteiger partial charge in [-0.05, 0) is 74.4 Å². The molecule has 182 valence electrons. The number of rotatable bonds is 6. The topological polar surface area (TPSA) is 56.1 Å². The number of benzene rings is 3. The Morgan fingerprint density at radius 2 is 1.74 bits per heavy atom. The number of aromatic nitrogens is 2. The van der Waals surface area contributed by atoms with E-state index in [9.17, 15) is 22.4 Å². The molecule has 0 fully saturated rings. The van der Waals surface area contributed by atoms with Crippen LogP contribution in [-0.4, -0.2) is 27.9 Å². The third kappa shape index (κ3) is 5.29. The van der Waals surface area contributed by atoms with Crippen LogP contribution in [0.1, 0.15) is 29.7 Å². The summed E-state index contributed by atoms with van der Waals surface area (Å²) in [5.74, 6) is -1.99. The molecule has 0 bridgehead atoms. The first-order chi connectivity index (χ1) is 16.5. The minimum Gasteiger partial charge on any atom is -0.484 e. The van der Waals surface area contributed by atoms with Crippen molar-refractivity contribution in [3.8, 4) is 11.4 Å². The Kier molecular flexibility index (Phi) is 6.51. The fraction of sp³-hybridized carbons (Fsp3) is 0.231. The lowest BCUT2D eigenvalue weighted by atomic mass is 9.96. The van der Waals surface area contributed by atoms with Crippen molar-refractivity contribution in [3.63, 3.8) is 0 Å². The Labute approximate surface area is 199 Å². The predicted molar refractivity (Wildman–Crippen MR) is 124 cm³/mol. The van der Waals surface area contributed by atoms with Crippen molar-refractivity contribution in [1.82, 2.24) is 15.1 Å². The van der Waals surface area contributed by atoms with Gasteiger partial charge < -0.3 is 10.1 Å². The minimum absolute atomic E-state index is 0.356. The number of amides is 1. The molecule has 0 aliphatic rings. The first-order valence-electron chi connectivity index (χ1n) is 10.9. The van der Waals surface area contributed by atoms with Crippen LogP contribution in [0.3, 0.4) is 0 Å². The summed E-state index contributed by atoms with van der Waals surface area (Å²) in [6.07, 6.45) is -4.27. The minimum atomic E-state index is -5.01. The number of fused-ring (bicyclic) bond motifs is 1. The molecule has 35 heavy (non-hydrogen) atoms. The van der Waals surface area contributed by atoms with Crippen LogP contribution in [0.15, 0.2) is 66.9 Å². The zero-order valence-electron chi connectivity index (χ0n) is 19.2. The van der Waals surface area contributed by atoms with Crippen LogP contribution in [0.2, 0.25) is 0 Å². The maximum absolute atomic E-state index is 13.3. The summed E-state index contributed by atoms with van der Waals surface area (Å²) in [4.78, 5) is 11.6. The van der Waals surface area contributed by atoms with Crippen molar-refractivity contribution >= 4 is 16.8 Å². The molecule has 0 radical (unpaired) electrons. The highest BCUT2D eigenvalue weighted by Crippen LogP contribution is 2.31. The predicted octanol–water partition coefficient (Wildman–Crippen LogP) is 5.97. The molecule has 1 heterocycles. The standard InChI is InChI=1S/C26H23F4N3O2/c1-15-4-5-16(2)22(12-15)24(17(3)32-25(34)26(28,29)30)35-21-10-11-23-18(13-21)14-31-33(23)20-8-6-19(27)7-9-20/h4-14,17,24H,1-3H3,(H,32,34)/t17-,24+/m0/s1. The van der Waals surface area contributed by atoms with E-state index in [-0.39, 0.29) is 5.82 Å². The van der Waals surface area contributed by atoms with E-state index in [0.717, 1.165) is 22.0 Å². The average molecular weight is 485 g/mol. The van der Waals surface area contributed by atoms with E-state index in [1.54, 1.807) is 41.2 Å². The molecule has 0 saturated carbocycles. The average Bonchev–Trinajstić information content (AvgIpc) is 3.22. The van der Waals surface area contributed by atoms with Crippen molar-refractivity contribution in [2.24, 2.45) is 0 Å². The maximum atomic E-state index is 13.3. The summed E-state index contributed by atoms with van der Waals surface area (Å²) < 4.78 is 59.8. The molecule has 0 spiro atoms. The highest BCUT2D eigenvalue weighted by molar-refractivity contribution is 5.82. The highest BCUT2D eigenvalue weighted by Gasteiger charge is 2.40. The number of carbonyl (C=O) groups is 1. The van der Waals surface area contributed by atoms with Gasteiger partial charge in [-0.1, -0.05) is 23.8 Å². The SMILES string of the molecule is Cc1ccc(C)c([C@H](Oc2ccc3c(cnn3-c3ccc(F)cc3)c2)[C@H](C)NC(=O)C(F)(F)F)c1. The quantitative estimate of drug-likeness (QED) is 0.343. The number of carbonyl (C=O) groups excluding carboxylic acids is 1. The number of hydrogen-bond acceptors (Lipinski definition) is 3. The van der Waals surface area contributed by atoms with Crippen LogP contribution >= 0.6 is 0 Å². The fourth-order valence-electron chi connectivity index (χ4n) is 3.88. The van der Waals surface area contributed by atoms with E-state index >= 15 is 0 Å². The number of hydrogen-bond donors (Lipinski definition) is 1. The smallest absolute Gasteiger partial charge is 0.471 e. The van der Waals surface area contributed by atoms with Gasteiger partial charge >= 0.3 is 12.1 Å². The molecule has 1 N–H and O–H groups in total. The van der Waals surface area contributed by atoms with E-state index in [1.165, 1.54) is 19.1 Å². The molecule has 0 unspecified atom stereocenters. The molecule has 5 nitrogen and oxygen atoms in total. The van der Waals surface area contributed by atoms with Crippen LogP contribution in [0.5, 0.6) is 5.75 Å². The molecular formula is C26H23F4N3O2. The molecule has 1 aromatic heterocycles. The normalized spacial score (nSPS) is 13.5. The number of nitrogens with one attached hydrogen (secondary N) is 1. The molecule has 0 aliphatic heterocycles. The van der Waals surface area contributed by atoms with Crippen molar-refractivity contribution in [1.29, 1.82) is 0 Å². The first-order valence-corrected chi connectivity index (χ1v) is 10.9. The van der Waals surface area contributed by atoms with E-state index in [1.807, 2.05) is 37.4 Å².